The van der Waals surface area contributed by atoms with Crippen LogP contribution >= 0.6 is 11.6 Å². The van der Waals surface area contributed by atoms with Crippen LogP contribution in [0.1, 0.15) is 56.9 Å². The number of benzene rings is 1. The summed E-state index contributed by atoms with van der Waals surface area (Å²) in [5.41, 5.74) is 4.15. The van der Waals surface area contributed by atoms with Gasteiger partial charge >= 0.3 is 0 Å². The highest BCUT2D eigenvalue weighted by Gasteiger charge is 2.40. The van der Waals surface area contributed by atoms with Crippen molar-refractivity contribution in [2.24, 2.45) is 0 Å². The van der Waals surface area contributed by atoms with Crippen LogP contribution in [0.5, 0.6) is 11.5 Å². The average Bonchev–Trinajstić information content (AvgIpc) is 2.67. The molecule has 0 spiro atoms. The second-order valence-corrected chi connectivity index (χ2v) is 7.77. The molecule has 1 N–H and O–H groups in total. The molecule has 2 aliphatic carbocycles. The quantitative estimate of drug-likeness (QED) is 0.807. The SMILES string of the molecule is CCOc1cc(C2C3=C(CCCC3=O)NC3=C2C(=O)CCC3)cc(Cl)c1OC. The van der Waals surface area contributed by atoms with Gasteiger partial charge in [0.2, 0.25) is 0 Å². The molecular formula is C22H24ClNO4. The van der Waals surface area contributed by atoms with E-state index < -0.39 is 5.92 Å². The lowest BCUT2D eigenvalue weighted by Gasteiger charge is -2.37. The summed E-state index contributed by atoms with van der Waals surface area (Å²) < 4.78 is 11.1. The predicted molar refractivity (Wildman–Crippen MR) is 107 cm³/mol. The van der Waals surface area contributed by atoms with E-state index in [9.17, 15) is 9.59 Å². The smallest absolute Gasteiger partial charge is 0.179 e. The molecule has 1 heterocycles. The van der Waals surface area contributed by atoms with Gasteiger partial charge in [0.15, 0.2) is 23.1 Å². The molecule has 5 nitrogen and oxygen atoms in total. The number of dihydropyridines is 1. The first-order valence-electron chi connectivity index (χ1n) is 9.84. The second-order valence-electron chi connectivity index (χ2n) is 7.36. The average molecular weight is 402 g/mol. The van der Waals surface area contributed by atoms with Gasteiger partial charge in [0.05, 0.1) is 18.7 Å². The zero-order chi connectivity index (χ0) is 19.8. The summed E-state index contributed by atoms with van der Waals surface area (Å²) in [6.45, 7) is 2.35. The van der Waals surface area contributed by atoms with Gasteiger partial charge in [-0.1, -0.05) is 11.6 Å². The number of halogens is 1. The van der Waals surface area contributed by atoms with Crippen molar-refractivity contribution in [1.29, 1.82) is 0 Å². The number of allylic oxidation sites excluding steroid dienone is 4. The summed E-state index contributed by atoms with van der Waals surface area (Å²) in [5, 5.41) is 3.84. The fourth-order valence-corrected chi connectivity index (χ4v) is 4.83. The molecule has 4 rings (SSSR count). The molecule has 3 aliphatic rings. The molecule has 0 saturated carbocycles. The Morgan fingerprint density at radius 1 is 1.04 bits per heavy atom. The molecule has 148 valence electrons. The van der Waals surface area contributed by atoms with Crippen LogP contribution < -0.4 is 14.8 Å². The molecular weight excluding hydrogens is 378 g/mol. The van der Waals surface area contributed by atoms with E-state index in [0.29, 0.717) is 47.1 Å². The highest BCUT2D eigenvalue weighted by molar-refractivity contribution is 6.32. The molecule has 0 unspecified atom stereocenters. The topological polar surface area (TPSA) is 64.6 Å². The van der Waals surface area contributed by atoms with Gasteiger partial charge in [-0.05, 0) is 50.3 Å². The molecule has 0 bridgehead atoms. The van der Waals surface area contributed by atoms with Crippen molar-refractivity contribution >= 4 is 23.2 Å². The normalized spacial score (nSPS) is 20.0. The molecule has 1 aromatic carbocycles. The van der Waals surface area contributed by atoms with Crippen LogP contribution in [0.25, 0.3) is 0 Å². The van der Waals surface area contributed by atoms with E-state index in [4.69, 9.17) is 21.1 Å². The van der Waals surface area contributed by atoms with E-state index in [1.807, 2.05) is 13.0 Å². The lowest BCUT2D eigenvalue weighted by Crippen LogP contribution is -2.36. The Balaban J connectivity index is 1.92. The summed E-state index contributed by atoms with van der Waals surface area (Å²) in [5.74, 6) is 0.813. The van der Waals surface area contributed by atoms with Crippen LogP contribution in [0, 0.1) is 0 Å². The van der Waals surface area contributed by atoms with Crippen molar-refractivity contribution < 1.29 is 19.1 Å². The van der Waals surface area contributed by atoms with Crippen LogP contribution in [0.3, 0.4) is 0 Å². The fourth-order valence-electron chi connectivity index (χ4n) is 4.53. The summed E-state index contributed by atoms with van der Waals surface area (Å²) in [4.78, 5) is 25.8. The Kier molecular flexibility index (Phi) is 5.19. The molecule has 0 saturated heterocycles. The van der Waals surface area contributed by atoms with Gasteiger partial charge < -0.3 is 14.8 Å². The first-order chi connectivity index (χ1) is 13.5. The number of rotatable bonds is 4. The van der Waals surface area contributed by atoms with E-state index in [1.165, 1.54) is 0 Å². The van der Waals surface area contributed by atoms with Gasteiger partial charge in [0, 0.05) is 41.3 Å². The highest BCUT2D eigenvalue weighted by Crippen LogP contribution is 2.48. The Bertz CT molecular complexity index is 873. The second kappa shape index (κ2) is 7.63. The first kappa shape index (κ1) is 19.1. The largest absolute Gasteiger partial charge is 0.491 e. The predicted octanol–water partition coefficient (Wildman–Crippen LogP) is 4.45. The number of Topliss-reactive ketones (excluding diaryl/α,β-unsaturated/α-hetero) is 2. The molecule has 6 heteroatoms. The summed E-state index contributed by atoms with van der Waals surface area (Å²) in [7, 11) is 1.55. The molecule has 1 aliphatic heterocycles. The minimum absolute atomic E-state index is 0.105. The van der Waals surface area contributed by atoms with Gasteiger partial charge in [-0.25, -0.2) is 0 Å². The number of ketones is 2. The number of carbonyl (C=O) groups is 2. The van der Waals surface area contributed by atoms with E-state index in [0.717, 1.165) is 42.6 Å². The molecule has 0 atom stereocenters. The number of methoxy groups -OCH3 is 1. The van der Waals surface area contributed by atoms with Crippen LogP contribution in [-0.2, 0) is 9.59 Å². The summed E-state index contributed by atoms with van der Waals surface area (Å²) >= 11 is 6.49. The zero-order valence-corrected chi connectivity index (χ0v) is 16.9. The van der Waals surface area contributed by atoms with Crippen molar-refractivity contribution in [3.05, 3.63) is 45.3 Å². The van der Waals surface area contributed by atoms with Crippen molar-refractivity contribution in [2.75, 3.05) is 13.7 Å². The van der Waals surface area contributed by atoms with Gasteiger partial charge in [-0.2, -0.15) is 0 Å². The van der Waals surface area contributed by atoms with Crippen LogP contribution in [0.15, 0.2) is 34.7 Å². The van der Waals surface area contributed by atoms with Gasteiger partial charge in [-0.15, -0.1) is 0 Å². The molecule has 28 heavy (non-hydrogen) atoms. The number of hydrogen-bond acceptors (Lipinski definition) is 5. The number of hydrogen-bond donors (Lipinski definition) is 1. The van der Waals surface area contributed by atoms with Gasteiger partial charge in [0.1, 0.15) is 0 Å². The van der Waals surface area contributed by atoms with E-state index in [-0.39, 0.29) is 11.6 Å². The van der Waals surface area contributed by atoms with Crippen molar-refractivity contribution in [2.45, 2.75) is 51.4 Å². The zero-order valence-electron chi connectivity index (χ0n) is 16.2. The molecule has 0 aromatic heterocycles. The van der Waals surface area contributed by atoms with Gasteiger partial charge in [0.25, 0.3) is 0 Å². The van der Waals surface area contributed by atoms with Gasteiger partial charge in [-0.3, -0.25) is 9.59 Å². The lowest BCUT2D eigenvalue weighted by molar-refractivity contribution is -0.116. The van der Waals surface area contributed by atoms with E-state index in [1.54, 1.807) is 13.2 Å². The molecule has 0 amide bonds. The van der Waals surface area contributed by atoms with E-state index >= 15 is 0 Å². The third-order valence-electron chi connectivity index (χ3n) is 5.66. The fraction of sp³-hybridized carbons (Fsp3) is 0.455. The molecule has 0 fully saturated rings. The molecule has 0 radical (unpaired) electrons. The maximum atomic E-state index is 12.9. The monoisotopic (exact) mass is 401 g/mol. The highest BCUT2D eigenvalue weighted by atomic mass is 35.5. The number of ether oxygens (including phenoxy) is 2. The Morgan fingerprint density at radius 2 is 1.64 bits per heavy atom. The third-order valence-corrected chi connectivity index (χ3v) is 5.94. The summed E-state index contributed by atoms with van der Waals surface area (Å²) in [6.07, 6.45) is 4.34. The maximum Gasteiger partial charge on any atom is 0.179 e. The van der Waals surface area contributed by atoms with Crippen molar-refractivity contribution in [3.63, 3.8) is 0 Å². The Morgan fingerprint density at radius 3 is 2.18 bits per heavy atom. The lowest BCUT2D eigenvalue weighted by atomic mass is 9.71. The van der Waals surface area contributed by atoms with Crippen molar-refractivity contribution in [3.8, 4) is 11.5 Å². The standard InChI is InChI=1S/C22H24ClNO4/c1-3-28-18-11-12(10-13(23)22(18)27-2)19-20-14(6-4-8-16(20)25)24-15-7-5-9-17(26)21(15)19/h10-11,19,24H,3-9H2,1-2H3. The molecule has 1 aromatic rings. The van der Waals surface area contributed by atoms with Crippen LogP contribution in [0.2, 0.25) is 5.02 Å². The summed E-state index contributed by atoms with van der Waals surface area (Å²) in [6, 6.07) is 3.67. The Hall–Kier alpha value is -2.27. The first-order valence-corrected chi connectivity index (χ1v) is 10.2. The Labute approximate surface area is 169 Å². The van der Waals surface area contributed by atoms with Crippen LogP contribution in [-0.4, -0.2) is 25.3 Å². The van der Waals surface area contributed by atoms with Crippen LogP contribution in [0.4, 0.5) is 0 Å². The van der Waals surface area contributed by atoms with Crippen molar-refractivity contribution in [1.82, 2.24) is 5.32 Å². The minimum atomic E-state index is -0.394. The maximum absolute atomic E-state index is 12.9. The number of nitrogens with one attached hydrogen (secondary N) is 1. The number of carbonyl (C=O) groups excluding carboxylic acids is 2. The third kappa shape index (κ3) is 3.12. The minimum Gasteiger partial charge on any atom is -0.491 e. The van der Waals surface area contributed by atoms with E-state index in [2.05, 4.69) is 5.32 Å².